The summed E-state index contributed by atoms with van der Waals surface area (Å²) in [6.07, 6.45) is 10.1. The molecule has 0 aliphatic rings. The highest BCUT2D eigenvalue weighted by Gasteiger charge is 2.16. The summed E-state index contributed by atoms with van der Waals surface area (Å²) in [5, 5.41) is 4.30. The Balaban J connectivity index is 1.82. The molecule has 24 heavy (non-hydrogen) atoms. The van der Waals surface area contributed by atoms with Gasteiger partial charge in [-0.05, 0) is 37.8 Å². The lowest BCUT2D eigenvalue weighted by Gasteiger charge is -2.17. The number of nitrogens with zero attached hydrogens (tertiary/aromatic N) is 4. The van der Waals surface area contributed by atoms with Crippen LogP contribution in [-0.4, -0.2) is 31.3 Å². The molecular formula is C19H24N4S. The molecular weight excluding hydrogens is 316 g/mol. The second-order valence-electron chi connectivity index (χ2n) is 5.96. The molecule has 2 aromatic heterocycles. The third-order valence-electron chi connectivity index (χ3n) is 4.30. The minimum Gasteiger partial charge on any atom is -0.331 e. The van der Waals surface area contributed by atoms with Gasteiger partial charge < -0.3 is 4.57 Å². The first-order chi connectivity index (χ1) is 11.8. The van der Waals surface area contributed by atoms with Crippen molar-refractivity contribution in [3.8, 4) is 11.3 Å². The van der Waals surface area contributed by atoms with E-state index >= 15 is 0 Å². The maximum atomic E-state index is 4.74. The summed E-state index contributed by atoms with van der Waals surface area (Å²) in [5.41, 5.74) is 3.66. The molecule has 3 rings (SSSR count). The molecule has 5 heteroatoms. The Morgan fingerprint density at radius 2 is 2.00 bits per heavy atom. The fourth-order valence-corrected chi connectivity index (χ4v) is 3.34. The van der Waals surface area contributed by atoms with Crippen molar-refractivity contribution in [1.29, 1.82) is 0 Å². The summed E-state index contributed by atoms with van der Waals surface area (Å²) >= 11 is 1.88. The summed E-state index contributed by atoms with van der Waals surface area (Å²) in [6.45, 7) is 3.19. The number of hydrogen-bond donors (Lipinski definition) is 0. The smallest absolute Gasteiger partial charge is 0.0958 e. The van der Waals surface area contributed by atoms with Crippen LogP contribution < -0.4 is 0 Å². The van der Waals surface area contributed by atoms with Crippen LogP contribution in [0.5, 0.6) is 0 Å². The van der Waals surface area contributed by atoms with Crippen molar-refractivity contribution in [1.82, 2.24) is 19.3 Å². The number of thioether (sulfide) groups is 1. The molecule has 0 radical (unpaired) electrons. The summed E-state index contributed by atoms with van der Waals surface area (Å²) in [5.74, 6) is 1.11. The number of rotatable bonds is 8. The van der Waals surface area contributed by atoms with Crippen molar-refractivity contribution in [3.05, 3.63) is 60.8 Å². The van der Waals surface area contributed by atoms with E-state index in [1.165, 1.54) is 11.3 Å². The van der Waals surface area contributed by atoms with Crippen molar-refractivity contribution in [2.24, 2.45) is 0 Å². The highest BCUT2D eigenvalue weighted by atomic mass is 32.2. The molecule has 0 saturated carbocycles. The molecule has 1 aromatic carbocycles. The van der Waals surface area contributed by atoms with E-state index in [1.807, 2.05) is 41.2 Å². The van der Waals surface area contributed by atoms with E-state index in [4.69, 9.17) is 4.98 Å². The van der Waals surface area contributed by atoms with Gasteiger partial charge in [0.15, 0.2) is 0 Å². The van der Waals surface area contributed by atoms with Crippen molar-refractivity contribution in [2.75, 3.05) is 12.0 Å². The van der Waals surface area contributed by atoms with Crippen LogP contribution in [0.2, 0.25) is 0 Å². The van der Waals surface area contributed by atoms with Crippen LogP contribution in [0.3, 0.4) is 0 Å². The molecule has 0 bridgehead atoms. The second kappa shape index (κ2) is 8.20. The average molecular weight is 340 g/mol. The minimum absolute atomic E-state index is 0.399. The molecule has 0 aliphatic carbocycles. The zero-order chi connectivity index (χ0) is 16.8. The fraction of sp³-hybridized carbons (Fsp3) is 0.368. The Morgan fingerprint density at radius 1 is 1.17 bits per heavy atom. The van der Waals surface area contributed by atoms with Crippen LogP contribution in [0.1, 0.15) is 25.1 Å². The highest BCUT2D eigenvalue weighted by Crippen LogP contribution is 2.26. The summed E-state index contributed by atoms with van der Waals surface area (Å²) < 4.78 is 4.34. The Kier molecular flexibility index (Phi) is 5.75. The van der Waals surface area contributed by atoms with Gasteiger partial charge in [0.25, 0.3) is 0 Å². The number of aromatic nitrogens is 4. The van der Waals surface area contributed by atoms with Gasteiger partial charge in [-0.25, -0.2) is 4.98 Å². The van der Waals surface area contributed by atoms with E-state index in [0.717, 1.165) is 30.8 Å². The predicted molar refractivity (Wildman–Crippen MR) is 101 cm³/mol. The number of hydrogen-bond acceptors (Lipinski definition) is 3. The van der Waals surface area contributed by atoms with Crippen molar-refractivity contribution >= 4 is 11.8 Å². The molecule has 0 N–H and O–H groups in total. The van der Waals surface area contributed by atoms with Crippen LogP contribution in [0.4, 0.5) is 0 Å². The van der Waals surface area contributed by atoms with E-state index in [-0.39, 0.29) is 0 Å². The molecule has 0 amide bonds. The first-order valence-corrected chi connectivity index (χ1v) is 9.76. The summed E-state index contributed by atoms with van der Waals surface area (Å²) in [7, 11) is 0. The van der Waals surface area contributed by atoms with Crippen molar-refractivity contribution in [3.63, 3.8) is 0 Å². The van der Waals surface area contributed by atoms with Gasteiger partial charge in [0.1, 0.15) is 0 Å². The molecule has 1 atom stereocenters. The van der Waals surface area contributed by atoms with Gasteiger partial charge in [0.05, 0.1) is 12.0 Å². The molecule has 2 heterocycles. The molecule has 0 fully saturated rings. The minimum atomic E-state index is 0.399. The maximum Gasteiger partial charge on any atom is 0.0958 e. The van der Waals surface area contributed by atoms with Gasteiger partial charge in [-0.15, -0.1) is 0 Å². The topological polar surface area (TPSA) is 35.6 Å². The predicted octanol–water partition coefficient (Wildman–Crippen LogP) is 4.30. The first kappa shape index (κ1) is 16.8. The van der Waals surface area contributed by atoms with E-state index in [9.17, 15) is 0 Å². The van der Waals surface area contributed by atoms with Gasteiger partial charge in [-0.1, -0.05) is 30.3 Å². The summed E-state index contributed by atoms with van der Waals surface area (Å²) in [6, 6.07) is 12.9. The molecule has 0 aliphatic heterocycles. The second-order valence-corrected chi connectivity index (χ2v) is 6.95. The third-order valence-corrected chi connectivity index (χ3v) is 4.91. The average Bonchev–Trinajstić information content (AvgIpc) is 3.28. The van der Waals surface area contributed by atoms with Crippen molar-refractivity contribution in [2.45, 2.75) is 32.4 Å². The summed E-state index contributed by atoms with van der Waals surface area (Å²) in [4.78, 5) is 4.74. The Bertz CT molecular complexity index is 734. The Hall–Kier alpha value is -2.01. The molecule has 0 spiro atoms. The van der Waals surface area contributed by atoms with Gasteiger partial charge in [0.2, 0.25) is 0 Å². The van der Waals surface area contributed by atoms with E-state index in [0.29, 0.717) is 6.04 Å². The molecule has 0 unspecified atom stereocenters. The monoisotopic (exact) mass is 340 g/mol. The lowest BCUT2D eigenvalue weighted by atomic mass is 10.1. The Labute approximate surface area is 147 Å². The van der Waals surface area contributed by atoms with E-state index in [1.54, 1.807) is 0 Å². The van der Waals surface area contributed by atoms with Crippen LogP contribution >= 0.6 is 11.8 Å². The van der Waals surface area contributed by atoms with Crippen molar-refractivity contribution < 1.29 is 0 Å². The number of imidazole rings is 1. The van der Waals surface area contributed by atoms with Crippen LogP contribution in [0, 0.1) is 0 Å². The van der Waals surface area contributed by atoms with Crippen LogP contribution in [-0.2, 0) is 13.0 Å². The maximum absolute atomic E-state index is 4.74. The standard InChI is InChI=1S/C19H24N4S/c1-16(9-13-22-12-6-11-21-22)23-15-20-19(18(23)10-14-24-2)17-7-4-3-5-8-17/h3-8,11-12,15-16H,9-10,13-14H2,1-2H3/t16-/m1/s1. The first-order valence-electron chi connectivity index (χ1n) is 8.37. The number of benzene rings is 1. The molecule has 126 valence electrons. The van der Waals surface area contributed by atoms with E-state index in [2.05, 4.69) is 53.2 Å². The highest BCUT2D eigenvalue weighted by molar-refractivity contribution is 7.98. The fourth-order valence-electron chi connectivity index (χ4n) is 2.94. The normalized spacial score (nSPS) is 12.4. The quantitative estimate of drug-likeness (QED) is 0.613. The van der Waals surface area contributed by atoms with Gasteiger partial charge in [0, 0.05) is 36.2 Å². The van der Waals surface area contributed by atoms with Gasteiger partial charge in [-0.3, -0.25) is 4.68 Å². The van der Waals surface area contributed by atoms with Crippen LogP contribution in [0.25, 0.3) is 11.3 Å². The molecule has 3 aromatic rings. The Morgan fingerprint density at radius 3 is 2.71 bits per heavy atom. The lowest BCUT2D eigenvalue weighted by molar-refractivity contribution is 0.438. The van der Waals surface area contributed by atoms with Crippen LogP contribution in [0.15, 0.2) is 55.1 Å². The van der Waals surface area contributed by atoms with Gasteiger partial charge in [-0.2, -0.15) is 16.9 Å². The van der Waals surface area contributed by atoms with E-state index < -0.39 is 0 Å². The number of aryl methyl sites for hydroxylation is 1. The zero-order valence-corrected chi connectivity index (χ0v) is 15.1. The molecule has 0 saturated heterocycles. The lowest BCUT2D eigenvalue weighted by Crippen LogP contribution is -2.12. The molecule has 4 nitrogen and oxygen atoms in total. The third kappa shape index (κ3) is 3.90. The van der Waals surface area contributed by atoms with Gasteiger partial charge >= 0.3 is 0 Å². The largest absolute Gasteiger partial charge is 0.331 e. The zero-order valence-electron chi connectivity index (χ0n) is 14.3. The SMILES string of the molecule is CSCCc1c(-c2ccccc2)ncn1[C@H](C)CCn1cccn1.